The number of ether oxygens (including phenoxy) is 1. The summed E-state index contributed by atoms with van der Waals surface area (Å²) in [4.78, 5) is 2.51. The lowest BCUT2D eigenvalue weighted by Gasteiger charge is -2.41. The average Bonchev–Trinajstić information content (AvgIpc) is 2.81. The fourth-order valence-electron chi connectivity index (χ4n) is 2.96. The van der Waals surface area contributed by atoms with Crippen LogP contribution in [0.2, 0.25) is 0 Å². The summed E-state index contributed by atoms with van der Waals surface area (Å²) >= 11 is 0. The van der Waals surface area contributed by atoms with Crippen LogP contribution in [0.15, 0.2) is 6.20 Å². The van der Waals surface area contributed by atoms with E-state index in [4.69, 9.17) is 4.74 Å². The number of aryl methyl sites for hydroxylation is 1. The Labute approximate surface area is 128 Å². The highest BCUT2D eigenvalue weighted by atomic mass is 16.5. The minimum absolute atomic E-state index is 0.157. The Morgan fingerprint density at radius 1 is 1.33 bits per heavy atom. The van der Waals surface area contributed by atoms with Crippen molar-refractivity contribution in [1.29, 1.82) is 0 Å². The van der Waals surface area contributed by atoms with Gasteiger partial charge >= 0.3 is 0 Å². The SMILES string of the molecule is CC(C)c1nn(C)cc1CNCC(C)(C)N1CCOCC1. The van der Waals surface area contributed by atoms with Crippen molar-refractivity contribution in [1.82, 2.24) is 20.0 Å². The maximum absolute atomic E-state index is 5.44. The van der Waals surface area contributed by atoms with Gasteiger partial charge in [0, 0.05) is 50.5 Å². The first kappa shape index (κ1) is 16.5. The molecule has 120 valence electrons. The van der Waals surface area contributed by atoms with Crippen LogP contribution in [0.25, 0.3) is 0 Å². The lowest BCUT2D eigenvalue weighted by molar-refractivity contribution is -0.00967. The van der Waals surface area contributed by atoms with Crippen molar-refractivity contribution in [2.24, 2.45) is 7.05 Å². The largest absolute Gasteiger partial charge is 0.379 e. The number of hydrogen-bond donors (Lipinski definition) is 1. The molecule has 21 heavy (non-hydrogen) atoms. The van der Waals surface area contributed by atoms with Crippen LogP contribution in [0, 0.1) is 0 Å². The predicted molar refractivity (Wildman–Crippen MR) is 85.5 cm³/mol. The molecule has 1 aromatic rings. The molecule has 0 radical (unpaired) electrons. The van der Waals surface area contributed by atoms with Crippen LogP contribution in [0.5, 0.6) is 0 Å². The first-order valence-corrected chi connectivity index (χ1v) is 7.96. The smallest absolute Gasteiger partial charge is 0.0694 e. The summed E-state index contributed by atoms with van der Waals surface area (Å²) in [5.74, 6) is 0.468. The number of morpholine rings is 1. The molecule has 0 spiro atoms. The zero-order chi connectivity index (χ0) is 15.5. The monoisotopic (exact) mass is 294 g/mol. The Hall–Kier alpha value is -0.910. The van der Waals surface area contributed by atoms with Crippen molar-refractivity contribution in [3.8, 4) is 0 Å². The van der Waals surface area contributed by atoms with Crippen LogP contribution >= 0.6 is 0 Å². The maximum atomic E-state index is 5.44. The van der Waals surface area contributed by atoms with Gasteiger partial charge in [-0.05, 0) is 19.8 Å². The molecule has 1 aromatic heterocycles. The van der Waals surface area contributed by atoms with Gasteiger partial charge in [-0.15, -0.1) is 0 Å². The van der Waals surface area contributed by atoms with E-state index in [1.165, 1.54) is 11.3 Å². The quantitative estimate of drug-likeness (QED) is 0.868. The average molecular weight is 294 g/mol. The molecule has 5 nitrogen and oxygen atoms in total. The lowest BCUT2D eigenvalue weighted by Crippen LogP contribution is -2.54. The number of nitrogens with zero attached hydrogens (tertiary/aromatic N) is 3. The van der Waals surface area contributed by atoms with Gasteiger partial charge in [-0.3, -0.25) is 9.58 Å². The highest BCUT2D eigenvalue weighted by Crippen LogP contribution is 2.18. The van der Waals surface area contributed by atoms with Gasteiger partial charge < -0.3 is 10.1 Å². The number of rotatable bonds is 6. The summed E-state index contributed by atoms with van der Waals surface area (Å²) in [7, 11) is 1.99. The van der Waals surface area contributed by atoms with Gasteiger partial charge in [-0.2, -0.15) is 5.10 Å². The first-order chi connectivity index (χ1) is 9.90. The minimum atomic E-state index is 0.157. The molecule has 1 saturated heterocycles. The van der Waals surface area contributed by atoms with E-state index in [-0.39, 0.29) is 5.54 Å². The third-order valence-electron chi connectivity index (χ3n) is 4.22. The second-order valence-corrected chi connectivity index (χ2v) is 6.88. The van der Waals surface area contributed by atoms with Crippen LogP contribution in [0.4, 0.5) is 0 Å². The Kier molecular flexibility index (Phi) is 5.41. The molecule has 1 fully saturated rings. The summed E-state index contributed by atoms with van der Waals surface area (Å²) < 4.78 is 7.36. The highest BCUT2D eigenvalue weighted by molar-refractivity contribution is 5.20. The lowest BCUT2D eigenvalue weighted by atomic mass is 10.0. The van der Waals surface area contributed by atoms with Crippen LogP contribution in [-0.2, 0) is 18.3 Å². The third-order valence-corrected chi connectivity index (χ3v) is 4.22. The molecule has 1 aliphatic rings. The molecule has 0 aliphatic carbocycles. The molecule has 1 N–H and O–H groups in total. The van der Waals surface area contributed by atoms with Crippen molar-refractivity contribution >= 4 is 0 Å². The van der Waals surface area contributed by atoms with E-state index in [1.54, 1.807) is 0 Å². The molecule has 0 aromatic carbocycles. The van der Waals surface area contributed by atoms with E-state index >= 15 is 0 Å². The number of nitrogens with one attached hydrogen (secondary N) is 1. The Bertz CT molecular complexity index is 447. The van der Waals surface area contributed by atoms with Crippen molar-refractivity contribution in [3.05, 3.63) is 17.5 Å². The second kappa shape index (κ2) is 6.90. The van der Waals surface area contributed by atoms with Crippen LogP contribution in [0.1, 0.15) is 44.9 Å². The van der Waals surface area contributed by atoms with Gasteiger partial charge in [0.2, 0.25) is 0 Å². The van der Waals surface area contributed by atoms with Crippen molar-refractivity contribution in [2.75, 3.05) is 32.8 Å². The van der Waals surface area contributed by atoms with Crippen LogP contribution in [-0.4, -0.2) is 53.1 Å². The summed E-state index contributed by atoms with van der Waals surface area (Å²) in [6.07, 6.45) is 2.13. The topological polar surface area (TPSA) is 42.3 Å². The van der Waals surface area contributed by atoms with Crippen molar-refractivity contribution in [2.45, 2.75) is 45.7 Å². The van der Waals surface area contributed by atoms with Gasteiger partial charge in [0.15, 0.2) is 0 Å². The van der Waals surface area contributed by atoms with Crippen LogP contribution in [0.3, 0.4) is 0 Å². The summed E-state index contributed by atoms with van der Waals surface area (Å²) in [5.41, 5.74) is 2.67. The highest BCUT2D eigenvalue weighted by Gasteiger charge is 2.27. The van der Waals surface area contributed by atoms with Crippen molar-refractivity contribution in [3.63, 3.8) is 0 Å². The second-order valence-electron chi connectivity index (χ2n) is 6.88. The summed E-state index contributed by atoms with van der Waals surface area (Å²) in [6.45, 7) is 14.6. The fraction of sp³-hybridized carbons (Fsp3) is 0.812. The Balaban J connectivity index is 1.88. The molecule has 2 heterocycles. The predicted octanol–water partition coefficient (Wildman–Crippen LogP) is 1.74. The molecule has 0 amide bonds. The Morgan fingerprint density at radius 3 is 2.62 bits per heavy atom. The first-order valence-electron chi connectivity index (χ1n) is 7.96. The number of aromatic nitrogens is 2. The number of hydrogen-bond acceptors (Lipinski definition) is 4. The zero-order valence-corrected chi connectivity index (χ0v) is 14.1. The molecular weight excluding hydrogens is 264 g/mol. The van der Waals surface area contributed by atoms with E-state index in [0.29, 0.717) is 5.92 Å². The molecule has 5 heteroatoms. The maximum Gasteiger partial charge on any atom is 0.0694 e. The van der Waals surface area contributed by atoms with Gasteiger partial charge in [-0.1, -0.05) is 13.8 Å². The summed E-state index contributed by atoms with van der Waals surface area (Å²) in [6, 6.07) is 0. The van der Waals surface area contributed by atoms with E-state index < -0.39 is 0 Å². The van der Waals surface area contributed by atoms with E-state index in [1.807, 2.05) is 11.7 Å². The standard InChI is InChI=1S/C16H30N4O/c1-13(2)15-14(11-19(5)18-15)10-17-12-16(3,4)20-6-8-21-9-7-20/h11,13,17H,6-10,12H2,1-5H3. The van der Waals surface area contributed by atoms with Crippen molar-refractivity contribution < 1.29 is 4.74 Å². The van der Waals surface area contributed by atoms with Crippen LogP contribution < -0.4 is 5.32 Å². The molecule has 2 rings (SSSR count). The molecule has 0 bridgehead atoms. The molecular formula is C16H30N4O. The summed E-state index contributed by atoms with van der Waals surface area (Å²) in [5, 5.41) is 8.18. The Morgan fingerprint density at radius 2 is 2.00 bits per heavy atom. The molecule has 0 saturated carbocycles. The van der Waals surface area contributed by atoms with E-state index in [2.05, 4.69) is 49.2 Å². The van der Waals surface area contributed by atoms with Gasteiger partial charge in [0.1, 0.15) is 0 Å². The van der Waals surface area contributed by atoms with Gasteiger partial charge in [0.05, 0.1) is 18.9 Å². The zero-order valence-electron chi connectivity index (χ0n) is 14.1. The minimum Gasteiger partial charge on any atom is -0.379 e. The third kappa shape index (κ3) is 4.28. The van der Waals surface area contributed by atoms with Gasteiger partial charge in [0.25, 0.3) is 0 Å². The normalized spacial score (nSPS) is 17.6. The molecule has 0 unspecified atom stereocenters. The fourth-order valence-corrected chi connectivity index (χ4v) is 2.96. The molecule has 0 atom stereocenters. The van der Waals surface area contributed by atoms with Gasteiger partial charge in [-0.25, -0.2) is 0 Å². The van der Waals surface area contributed by atoms with E-state index in [0.717, 1.165) is 39.4 Å². The molecule has 1 aliphatic heterocycles. The van der Waals surface area contributed by atoms with E-state index in [9.17, 15) is 0 Å².